The molecule has 2 aromatic rings. The molecule has 10 nitrogen and oxygen atoms in total. The minimum absolute atomic E-state index is 0.114. The molecule has 2 rings (SSSR count). The van der Waals surface area contributed by atoms with E-state index in [4.69, 9.17) is 18.9 Å². The Balaban J connectivity index is 2.46. The van der Waals surface area contributed by atoms with E-state index in [-0.39, 0.29) is 23.0 Å². The molecule has 0 bridgehead atoms. The van der Waals surface area contributed by atoms with Crippen LogP contribution in [0, 0.1) is 11.8 Å². The van der Waals surface area contributed by atoms with Crippen molar-refractivity contribution in [1.29, 1.82) is 0 Å². The molecule has 2 unspecified atom stereocenters. The number of carbonyl (C=O) groups excluding carboxylic acids is 4. The summed E-state index contributed by atoms with van der Waals surface area (Å²) in [7, 11) is 5.42. The summed E-state index contributed by atoms with van der Waals surface area (Å²) in [4.78, 5) is 54.6. The lowest BCUT2D eigenvalue weighted by atomic mass is 10.0. The minimum atomic E-state index is -0.860. The Hall–Kier alpha value is -3.38. The molecular weight excluding hydrogens is 653 g/mol. The highest BCUT2D eigenvalue weighted by Gasteiger charge is 2.31. The van der Waals surface area contributed by atoms with Crippen molar-refractivity contribution in [1.82, 2.24) is 10.6 Å². The summed E-state index contributed by atoms with van der Waals surface area (Å²) in [6.45, 7) is 18.5. The molecule has 0 fully saturated rings. The third-order valence-corrected chi connectivity index (χ3v) is 9.01. The van der Waals surface area contributed by atoms with Crippen LogP contribution in [0.5, 0.6) is 11.5 Å². The first-order chi connectivity index (χ1) is 22.3. The van der Waals surface area contributed by atoms with Gasteiger partial charge in [-0.2, -0.15) is 0 Å². The SMILES string of the molecule is COc1cccc(C(=O)NC(CC(C)C)C(=O)OC(C)(C)C)c1SSc1c(OC)cccc1C(=O)NC(CC(C)C)C(=O)OC(C)(C)C. The lowest BCUT2D eigenvalue weighted by Crippen LogP contribution is -2.45. The van der Waals surface area contributed by atoms with Gasteiger partial charge in [-0.3, -0.25) is 9.59 Å². The fourth-order valence-electron chi connectivity index (χ4n) is 4.55. The van der Waals surface area contributed by atoms with Crippen molar-refractivity contribution in [2.75, 3.05) is 14.2 Å². The van der Waals surface area contributed by atoms with Gasteiger partial charge in [0.15, 0.2) is 0 Å². The first kappa shape index (κ1) is 40.8. The predicted molar refractivity (Wildman–Crippen MR) is 191 cm³/mol. The highest BCUT2D eigenvalue weighted by molar-refractivity contribution is 8.76. The van der Waals surface area contributed by atoms with Crippen molar-refractivity contribution in [2.45, 2.75) is 115 Å². The molecule has 48 heavy (non-hydrogen) atoms. The number of benzene rings is 2. The van der Waals surface area contributed by atoms with Crippen LogP contribution in [0.15, 0.2) is 46.2 Å². The lowest BCUT2D eigenvalue weighted by Gasteiger charge is -2.26. The first-order valence-corrected chi connectivity index (χ1v) is 18.2. The molecule has 0 saturated heterocycles. The molecule has 12 heteroatoms. The van der Waals surface area contributed by atoms with Crippen molar-refractivity contribution in [3.63, 3.8) is 0 Å². The highest BCUT2D eigenvalue weighted by Crippen LogP contribution is 2.47. The van der Waals surface area contributed by atoms with E-state index >= 15 is 0 Å². The van der Waals surface area contributed by atoms with Crippen LogP contribution in [0.3, 0.4) is 0 Å². The molecule has 0 aliphatic carbocycles. The Morgan fingerprint density at radius 3 is 1.23 bits per heavy atom. The first-order valence-electron chi connectivity index (χ1n) is 16.0. The summed E-state index contributed by atoms with van der Waals surface area (Å²) in [6.07, 6.45) is 0.783. The van der Waals surface area contributed by atoms with Gasteiger partial charge in [0, 0.05) is 0 Å². The molecule has 0 heterocycles. The van der Waals surface area contributed by atoms with E-state index in [0.717, 1.165) is 0 Å². The molecular formula is C36H52N2O8S2. The predicted octanol–water partition coefficient (Wildman–Crippen LogP) is 7.48. The molecule has 2 N–H and O–H groups in total. The number of methoxy groups -OCH3 is 2. The molecule has 0 radical (unpaired) electrons. The van der Waals surface area contributed by atoms with Crippen molar-refractivity contribution < 1.29 is 38.1 Å². The quantitative estimate of drug-likeness (QED) is 0.142. The van der Waals surface area contributed by atoms with Crippen molar-refractivity contribution >= 4 is 45.3 Å². The fourth-order valence-corrected chi connectivity index (χ4v) is 7.22. The average Bonchev–Trinajstić information content (AvgIpc) is 2.96. The van der Waals surface area contributed by atoms with E-state index in [1.54, 1.807) is 77.9 Å². The molecule has 0 aliphatic heterocycles. The number of amides is 2. The Morgan fingerprint density at radius 1 is 0.625 bits per heavy atom. The Morgan fingerprint density at radius 2 is 0.958 bits per heavy atom. The van der Waals surface area contributed by atoms with E-state index in [0.29, 0.717) is 34.1 Å². The second-order valence-corrected chi connectivity index (χ2v) is 16.4. The van der Waals surface area contributed by atoms with Crippen LogP contribution in [0.4, 0.5) is 0 Å². The normalized spacial score (nSPS) is 13.0. The van der Waals surface area contributed by atoms with Crippen LogP contribution in [0.1, 0.15) is 103 Å². The summed E-state index contributed by atoms with van der Waals surface area (Å²) < 4.78 is 22.5. The van der Waals surface area contributed by atoms with Gasteiger partial charge in [0.05, 0.1) is 35.1 Å². The number of ether oxygens (including phenoxy) is 4. The van der Waals surface area contributed by atoms with E-state index in [2.05, 4.69) is 10.6 Å². The second kappa shape index (κ2) is 17.9. The molecule has 266 valence electrons. The molecule has 0 saturated carbocycles. The third kappa shape index (κ3) is 12.9. The fraction of sp³-hybridized carbons (Fsp3) is 0.556. The van der Waals surface area contributed by atoms with E-state index in [9.17, 15) is 19.2 Å². The van der Waals surface area contributed by atoms with Crippen LogP contribution in [0.25, 0.3) is 0 Å². The van der Waals surface area contributed by atoms with Gasteiger partial charge < -0.3 is 29.6 Å². The third-order valence-electron chi connectivity index (χ3n) is 6.50. The largest absolute Gasteiger partial charge is 0.496 e. The van der Waals surface area contributed by atoms with E-state index in [1.807, 2.05) is 27.7 Å². The lowest BCUT2D eigenvalue weighted by molar-refractivity contribution is -0.158. The molecule has 0 spiro atoms. The van der Waals surface area contributed by atoms with Crippen molar-refractivity contribution in [3.05, 3.63) is 47.5 Å². The molecule has 2 aromatic carbocycles. The smallest absolute Gasteiger partial charge is 0.329 e. The summed E-state index contributed by atoms with van der Waals surface area (Å²) in [5, 5.41) is 5.74. The number of nitrogens with one attached hydrogen (secondary N) is 2. The standard InChI is InChI=1S/C36H52N2O8S2/c1-21(2)19-25(33(41)45-35(5,6)7)37-31(39)23-15-13-17-27(43-11)29(23)47-48-30-24(16-14-18-28(30)44-12)32(40)38-26(20-22(3)4)34(42)46-36(8,9)10/h13-18,21-22,25-26H,19-20H2,1-12H3,(H,37,39)(H,38,40). The summed E-state index contributed by atoms with van der Waals surface area (Å²) in [5.41, 5.74) is -0.866. The Labute approximate surface area is 293 Å². The molecule has 2 amide bonds. The molecule has 2 atom stereocenters. The zero-order chi connectivity index (χ0) is 36.4. The molecule has 0 aromatic heterocycles. The van der Waals surface area contributed by atoms with E-state index < -0.39 is 47.0 Å². The van der Waals surface area contributed by atoms with Gasteiger partial charge in [-0.1, -0.05) is 39.8 Å². The zero-order valence-corrected chi connectivity index (χ0v) is 31.9. The summed E-state index contributed by atoms with van der Waals surface area (Å²) >= 11 is 0. The minimum Gasteiger partial charge on any atom is -0.496 e. The Bertz CT molecular complexity index is 1320. The maximum atomic E-state index is 13.7. The maximum Gasteiger partial charge on any atom is 0.329 e. The van der Waals surface area contributed by atoms with Crippen molar-refractivity contribution in [2.24, 2.45) is 11.8 Å². The van der Waals surface area contributed by atoms with Gasteiger partial charge in [0.25, 0.3) is 11.8 Å². The van der Waals surface area contributed by atoms with Crippen LogP contribution in [0.2, 0.25) is 0 Å². The molecule has 0 aliphatic rings. The highest BCUT2D eigenvalue weighted by atomic mass is 33.1. The van der Waals surface area contributed by atoms with Crippen molar-refractivity contribution in [3.8, 4) is 11.5 Å². The van der Waals surface area contributed by atoms with E-state index in [1.165, 1.54) is 35.8 Å². The second-order valence-electron chi connectivity index (χ2n) is 14.2. The number of rotatable bonds is 15. The van der Waals surface area contributed by atoms with Crippen LogP contribution < -0.4 is 20.1 Å². The van der Waals surface area contributed by atoms with Gasteiger partial charge in [-0.25, -0.2) is 9.59 Å². The summed E-state index contributed by atoms with van der Waals surface area (Å²) in [6, 6.07) is 8.43. The topological polar surface area (TPSA) is 129 Å². The number of esters is 2. The Kier molecular flexibility index (Phi) is 15.2. The van der Waals surface area contributed by atoms with Gasteiger partial charge in [0.2, 0.25) is 0 Å². The zero-order valence-electron chi connectivity index (χ0n) is 30.3. The van der Waals surface area contributed by atoms with Crippen LogP contribution in [-0.2, 0) is 19.1 Å². The maximum absolute atomic E-state index is 13.7. The summed E-state index contributed by atoms with van der Waals surface area (Å²) in [5.74, 6) is -0.876. The number of hydrogen-bond donors (Lipinski definition) is 2. The number of hydrogen-bond acceptors (Lipinski definition) is 10. The number of carbonyl (C=O) groups is 4. The van der Waals surface area contributed by atoms with Gasteiger partial charge in [-0.05, 0) is 112 Å². The van der Waals surface area contributed by atoms with Crippen LogP contribution >= 0.6 is 21.6 Å². The van der Waals surface area contributed by atoms with Gasteiger partial charge >= 0.3 is 11.9 Å². The average molecular weight is 705 g/mol. The van der Waals surface area contributed by atoms with Crippen LogP contribution in [-0.4, -0.2) is 61.3 Å². The monoisotopic (exact) mass is 704 g/mol. The van der Waals surface area contributed by atoms with Gasteiger partial charge in [0.1, 0.15) is 34.8 Å². The van der Waals surface area contributed by atoms with Gasteiger partial charge in [-0.15, -0.1) is 0 Å².